The minimum atomic E-state index is -4.46. The molecular weight excluding hydrogens is 310 g/mol. The second-order valence-electron chi connectivity index (χ2n) is 6.32. The second-order valence-corrected chi connectivity index (χ2v) is 6.32. The van der Waals surface area contributed by atoms with Gasteiger partial charge in [0.15, 0.2) is 0 Å². The van der Waals surface area contributed by atoms with Crippen molar-refractivity contribution in [2.24, 2.45) is 17.8 Å². The van der Waals surface area contributed by atoms with E-state index >= 15 is 0 Å². The standard InChI is InChI=1S/C17H17F4NO/c18-14-5-2-11(3-6-14)9-22(10-17(19,20)21)16(23)15-8-12-1-4-13(15)7-12/h1-6,12-13,15H,7-10H2/t12-,13-,15+/m0/s1. The van der Waals surface area contributed by atoms with E-state index in [-0.39, 0.29) is 18.4 Å². The minimum absolute atomic E-state index is 0.0523. The fraction of sp³-hybridized carbons (Fsp3) is 0.471. The van der Waals surface area contributed by atoms with Gasteiger partial charge in [-0.25, -0.2) is 4.39 Å². The Balaban J connectivity index is 1.76. The van der Waals surface area contributed by atoms with Crippen molar-refractivity contribution in [1.29, 1.82) is 0 Å². The maximum Gasteiger partial charge on any atom is 0.406 e. The molecule has 2 aliphatic rings. The van der Waals surface area contributed by atoms with E-state index in [1.807, 2.05) is 12.2 Å². The second kappa shape index (κ2) is 5.98. The van der Waals surface area contributed by atoms with E-state index in [2.05, 4.69) is 0 Å². The lowest BCUT2D eigenvalue weighted by molar-refractivity contribution is -0.165. The van der Waals surface area contributed by atoms with Crippen LogP contribution in [0.2, 0.25) is 0 Å². The van der Waals surface area contributed by atoms with Crippen LogP contribution in [-0.2, 0) is 11.3 Å². The lowest BCUT2D eigenvalue weighted by Gasteiger charge is -2.29. The Bertz CT molecular complexity index is 608. The molecule has 1 saturated carbocycles. The molecule has 0 spiro atoms. The van der Waals surface area contributed by atoms with Crippen LogP contribution in [0.4, 0.5) is 17.6 Å². The van der Waals surface area contributed by atoms with Gasteiger partial charge in [0, 0.05) is 12.5 Å². The molecule has 1 amide bonds. The van der Waals surface area contributed by atoms with Gasteiger partial charge in [-0.05, 0) is 42.4 Å². The molecular formula is C17H17F4NO. The first-order chi connectivity index (χ1) is 10.8. The predicted octanol–water partition coefficient (Wildman–Crippen LogP) is 3.93. The number of carbonyl (C=O) groups is 1. The van der Waals surface area contributed by atoms with Gasteiger partial charge in [-0.15, -0.1) is 0 Å². The minimum Gasteiger partial charge on any atom is -0.329 e. The van der Waals surface area contributed by atoms with Gasteiger partial charge in [-0.1, -0.05) is 24.3 Å². The summed E-state index contributed by atoms with van der Waals surface area (Å²) in [5.74, 6) is -0.916. The van der Waals surface area contributed by atoms with Crippen LogP contribution in [0.3, 0.4) is 0 Å². The molecule has 2 nitrogen and oxygen atoms in total. The number of amides is 1. The summed E-state index contributed by atoms with van der Waals surface area (Å²) in [7, 11) is 0. The fourth-order valence-electron chi connectivity index (χ4n) is 3.54. The number of rotatable bonds is 4. The largest absolute Gasteiger partial charge is 0.406 e. The Morgan fingerprint density at radius 1 is 1.13 bits per heavy atom. The number of benzene rings is 1. The van der Waals surface area contributed by atoms with Crippen LogP contribution in [0.1, 0.15) is 18.4 Å². The highest BCUT2D eigenvalue weighted by Crippen LogP contribution is 2.44. The van der Waals surface area contributed by atoms with Crippen molar-refractivity contribution in [1.82, 2.24) is 4.90 Å². The van der Waals surface area contributed by atoms with Crippen LogP contribution in [0.5, 0.6) is 0 Å². The molecule has 0 unspecified atom stereocenters. The van der Waals surface area contributed by atoms with Gasteiger partial charge < -0.3 is 4.90 Å². The average molecular weight is 327 g/mol. The zero-order valence-corrected chi connectivity index (χ0v) is 12.4. The summed E-state index contributed by atoms with van der Waals surface area (Å²) in [5.41, 5.74) is 0.489. The molecule has 1 aromatic rings. The van der Waals surface area contributed by atoms with Crippen LogP contribution in [0.25, 0.3) is 0 Å². The first-order valence-electron chi connectivity index (χ1n) is 7.60. The van der Waals surface area contributed by atoms with Crippen molar-refractivity contribution < 1.29 is 22.4 Å². The summed E-state index contributed by atoms with van der Waals surface area (Å²) in [4.78, 5) is 13.5. The summed E-state index contributed by atoms with van der Waals surface area (Å²) < 4.78 is 51.5. The van der Waals surface area contributed by atoms with Gasteiger partial charge in [-0.2, -0.15) is 13.2 Å². The predicted molar refractivity (Wildman–Crippen MR) is 76.7 cm³/mol. The summed E-state index contributed by atoms with van der Waals surface area (Å²) >= 11 is 0. The van der Waals surface area contributed by atoms with Crippen LogP contribution in [0, 0.1) is 23.6 Å². The molecule has 2 bridgehead atoms. The van der Waals surface area contributed by atoms with E-state index in [0.717, 1.165) is 11.3 Å². The summed E-state index contributed by atoms with van der Waals surface area (Å²) in [6.07, 6.45) is 1.01. The molecule has 0 aromatic heterocycles. The number of allylic oxidation sites excluding steroid dienone is 2. The SMILES string of the molecule is O=C([C@@H]1C[C@H]2C=C[C@H]1C2)N(Cc1ccc(F)cc1)CC(F)(F)F. The van der Waals surface area contributed by atoms with Crippen molar-refractivity contribution in [3.8, 4) is 0 Å². The molecule has 1 fully saturated rings. The highest BCUT2D eigenvalue weighted by atomic mass is 19.4. The van der Waals surface area contributed by atoms with E-state index < -0.39 is 24.4 Å². The topological polar surface area (TPSA) is 20.3 Å². The van der Waals surface area contributed by atoms with E-state index in [9.17, 15) is 22.4 Å². The van der Waals surface area contributed by atoms with Crippen LogP contribution >= 0.6 is 0 Å². The van der Waals surface area contributed by atoms with Crippen molar-refractivity contribution in [3.05, 3.63) is 47.8 Å². The number of fused-ring (bicyclic) bond motifs is 2. The first kappa shape index (κ1) is 16.0. The Hall–Kier alpha value is -1.85. The Morgan fingerprint density at radius 2 is 1.83 bits per heavy atom. The van der Waals surface area contributed by atoms with E-state index in [1.165, 1.54) is 24.3 Å². The Labute approximate surface area is 131 Å². The molecule has 6 heteroatoms. The van der Waals surface area contributed by atoms with Crippen molar-refractivity contribution in [2.45, 2.75) is 25.6 Å². The molecule has 0 aliphatic heterocycles. The Kier molecular flexibility index (Phi) is 4.17. The molecule has 124 valence electrons. The number of hydrogen-bond donors (Lipinski definition) is 0. The average Bonchev–Trinajstić information content (AvgIpc) is 3.09. The zero-order chi connectivity index (χ0) is 16.6. The number of alkyl halides is 3. The zero-order valence-electron chi connectivity index (χ0n) is 12.4. The third kappa shape index (κ3) is 3.74. The lowest BCUT2D eigenvalue weighted by Crippen LogP contribution is -2.42. The molecule has 3 atom stereocenters. The molecule has 3 rings (SSSR count). The fourth-order valence-corrected chi connectivity index (χ4v) is 3.54. The number of halogens is 4. The third-order valence-corrected chi connectivity index (χ3v) is 4.56. The summed E-state index contributed by atoms with van der Waals surface area (Å²) in [6, 6.07) is 5.19. The van der Waals surface area contributed by atoms with Gasteiger partial charge in [0.2, 0.25) is 5.91 Å². The Morgan fingerprint density at radius 3 is 2.35 bits per heavy atom. The van der Waals surface area contributed by atoms with Crippen molar-refractivity contribution in [3.63, 3.8) is 0 Å². The molecule has 2 aliphatic carbocycles. The van der Waals surface area contributed by atoms with Gasteiger partial charge in [0.25, 0.3) is 0 Å². The summed E-state index contributed by atoms with van der Waals surface area (Å²) in [5, 5.41) is 0. The van der Waals surface area contributed by atoms with E-state index in [0.29, 0.717) is 17.9 Å². The highest BCUT2D eigenvalue weighted by molar-refractivity contribution is 5.80. The summed E-state index contributed by atoms with van der Waals surface area (Å²) in [6.45, 7) is -1.43. The number of nitrogens with zero attached hydrogens (tertiary/aromatic N) is 1. The van der Waals surface area contributed by atoms with Crippen molar-refractivity contribution in [2.75, 3.05) is 6.54 Å². The third-order valence-electron chi connectivity index (χ3n) is 4.56. The monoisotopic (exact) mass is 327 g/mol. The van der Waals surface area contributed by atoms with E-state index in [4.69, 9.17) is 0 Å². The quantitative estimate of drug-likeness (QED) is 0.606. The molecule has 0 heterocycles. The maximum absolute atomic E-state index is 12.9. The molecule has 0 radical (unpaired) electrons. The van der Waals surface area contributed by atoms with Crippen LogP contribution in [0.15, 0.2) is 36.4 Å². The number of carbonyl (C=O) groups excluding carboxylic acids is 1. The van der Waals surface area contributed by atoms with Gasteiger partial charge in [0.1, 0.15) is 12.4 Å². The maximum atomic E-state index is 12.9. The molecule has 0 saturated heterocycles. The van der Waals surface area contributed by atoms with Crippen LogP contribution in [-0.4, -0.2) is 23.5 Å². The van der Waals surface area contributed by atoms with E-state index in [1.54, 1.807) is 0 Å². The molecule has 0 N–H and O–H groups in total. The van der Waals surface area contributed by atoms with Gasteiger partial charge in [0.05, 0.1) is 0 Å². The molecule has 23 heavy (non-hydrogen) atoms. The van der Waals surface area contributed by atoms with Gasteiger partial charge >= 0.3 is 6.18 Å². The lowest BCUT2D eigenvalue weighted by atomic mass is 9.92. The van der Waals surface area contributed by atoms with Crippen molar-refractivity contribution >= 4 is 5.91 Å². The highest BCUT2D eigenvalue weighted by Gasteiger charge is 2.43. The van der Waals surface area contributed by atoms with Crippen LogP contribution < -0.4 is 0 Å². The first-order valence-corrected chi connectivity index (χ1v) is 7.60. The van der Waals surface area contributed by atoms with Gasteiger partial charge in [-0.3, -0.25) is 4.79 Å². The number of hydrogen-bond acceptors (Lipinski definition) is 1. The molecule has 1 aromatic carbocycles. The smallest absolute Gasteiger partial charge is 0.329 e. The normalized spacial score (nSPS) is 25.8.